The highest BCUT2D eigenvalue weighted by Gasteiger charge is 2.15. The van der Waals surface area contributed by atoms with E-state index in [1.54, 1.807) is 4.90 Å². The van der Waals surface area contributed by atoms with Gasteiger partial charge in [0, 0.05) is 25.7 Å². The molecule has 0 N–H and O–H groups in total. The summed E-state index contributed by atoms with van der Waals surface area (Å²) >= 11 is 0. The van der Waals surface area contributed by atoms with Gasteiger partial charge in [-0.1, -0.05) is 32.9 Å². The van der Waals surface area contributed by atoms with Crippen LogP contribution in [-0.2, 0) is 5.41 Å². The van der Waals surface area contributed by atoms with Crippen LogP contribution in [0.15, 0.2) is 18.2 Å². The molecule has 0 bridgehead atoms. The molecule has 1 rings (SSSR count). The molecule has 0 saturated carbocycles. The van der Waals surface area contributed by atoms with Gasteiger partial charge in [0.05, 0.1) is 0 Å². The molecule has 0 aliphatic carbocycles. The minimum absolute atomic E-state index is 0.0989. The maximum atomic E-state index is 11.9. The van der Waals surface area contributed by atoms with Gasteiger partial charge in [-0.05, 0) is 35.5 Å². The molecule has 1 aromatic rings. The van der Waals surface area contributed by atoms with Crippen LogP contribution in [0.2, 0.25) is 0 Å². The SMILES string of the molecule is Cc1cc(C(C)(C)C)ccc1C(=O)C#CN(C)C. The van der Waals surface area contributed by atoms with Crippen molar-refractivity contribution in [3.05, 3.63) is 34.9 Å². The molecule has 0 atom stereocenters. The van der Waals surface area contributed by atoms with Crippen LogP contribution in [-0.4, -0.2) is 24.8 Å². The first-order chi connectivity index (χ1) is 8.21. The summed E-state index contributed by atoms with van der Waals surface area (Å²) in [5, 5.41) is 0. The minimum Gasteiger partial charge on any atom is -0.338 e. The minimum atomic E-state index is -0.123. The van der Waals surface area contributed by atoms with Crippen LogP contribution in [0.1, 0.15) is 42.3 Å². The van der Waals surface area contributed by atoms with E-state index in [-0.39, 0.29) is 11.2 Å². The van der Waals surface area contributed by atoms with Crippen LogP contribution >= 0.6 is 0 Å². The van der Waals surface area contributed by atoms with E-state index in [9.17, 15) is 4.79 Å². The maximum Gasteiger partial charge on any atom is 0.237 e. The standard InChI is InChI=1S/C16H21NO/c1-12-11-13(16(2,3)4)7-8-14(12)15(18)9-10-17(5)6/h7-8,11H,1-6H3. The molecular formula is C16H21NO. The second-order valence-corrected chi connectivity index (χ2v) is 5.74. The molecule has 0 saturated heterocycles. The Labute approximate surface area is 110 Å². The number of carbonyl (C=O) groups excluding carboxylic acids is 1. The van der Waals surface area contributed by atoms with E-state index in [0.717, 1.165) is 5.56 Å². The van der Waals surface area contributed by atoms with E-state index in [1.807, 2.05) is 33.2 Å². The average Bonchev–Trinajstić information content (AvgIpc) is 2.24. The number of aryl methyl sites for hydroxylation is 1. The smallest absolute Gasteiger partial charge is 0.237 e. The molecule has 96 valence electrons. The van der Waals surface area contributed by atoms with Crippen molar-refractivity contribution in [2.45, 2.75) is 33.1 Å². The van der Waals surface area contributed by atoms with Crippen molar-refractivity contribution >= 4 is 5.78 Å². The molecule has 0 aliphatic heterocycles. The van der Waals surface area contributed by atoms with E-state index in [4.69, 9.17) is 0 Å². The van der Waals surface area contributed by atoms with Crippen molar-refractivity contribution in [3.8, 4) is 12.0 Å². The van der Waals surface area contributed by atoms with E-state index < -0.39 is 0 Å². The zero-order valence-corrected chi connectivity index (χ0v) is 12.1. The topological polar surface area (TPSA) is 20.3 Å². The molecule has 0 unspecified atom stereocenters. The molecule has 1 aromatic carbocycles. The Hall–Kier alpha value is -1.75. The van der Waals surface area contributed by atoms with Crippen molar-refractivity contribution < 1.29 is 4.79 Å². The number of nitrogens with zero attached hydrogens (tertiary/aromatic N) is 1. The first-order valence-electron chi connectivity index (χ1n) is 6.06. The van der Waals surface area contributed by atoms with E-state index in [0.29, 0.717) is 5.56 Å². The van der Waals surface area contributed by atoms with Gasteiger partial charge in [-0.3, -0.25) is 4.79 Å². The monoisotopic (exact) mass is 243 g/mol. The lowest BCUT2D eigenvalue weighted by molar-refractivity contribution is 0.105. The molecule has 0 fully saturated rings. The zero-order valence-electron chi connectivity index (χ0n) is 12.1. The fourth-order valence-electron chi connectivity index (χ4n) is 1.61. The number of hydrogen-bond acceptors (Lipinski definition) is 2. The number of benzene rings is 1. The lowest BCUT2D eigenvalue weighted by atomic mass is 9.85. The molecule has 0 heterocycles. The Morgan fingerprint density at radius 2 is 1.83 bits per heavy atom. The van der Waals surface area contributed by atoms with Crippen LogP contribution in [0.4, 0.5) is 0 Å². The summed E-state index contributed by atoms with van der Waals surface area (Å²) < 4.78 is 0. The normalized spacial score (nSPS) is 10.6. The van der Waals surface area contributed by atoms with Gasteiger partial charge in [-0.25, -0.2) is 0 Å². The van der Waals surface area contributed by atoms with Gasteiger partial charge < -0.3 is 4.90 Å². The predicted octanol–water partition coefficient (Wildman–Crippen LogP) is 3.00. The quantitative estimate of drug-likeness (QED) is 0.429. The second-order valence-electron chi connectivity index (χ2n) is 5.74. The molecule has 2 nitrogen and oxygen atoms in total. The van der Waals surface area contributed by atoms with Crippen LogP contribution in [0.25, 0.3) is 0 Å². The fourth-order valence-corrected chi connectivity index (χ4v) is 1.61. The lowest BCUT2D eigenvalue weighted by Gasteiger charge is -2.20. The van der Waals surface area contributed by atoms with Gasteiger partial charge in [0.2, 0.25) is 5.78 Å². The highest BCUT2D eigenvalue weighted by Crippen LogP contribution is 2.24. The second kappa shape index (κ2) is 5.27. The summed E-state index contributed by atoms with van der Waals surface area (Å²) in [5.41, 5.74) is 3.01. The zero-order chi connectivity index (χ0) is 13.9. The Bertz CT molecular complexity index is 510. The Balaban J connectivity index is 3.08. The van der Waals surface area contributed by atoms with Gasteiger partial charge in [0.1, 0.15) is 0 Å². The number of rotatable bonds is 1. The van der Waals surface area contributed by atoms with Crippen LogP contribution in [0.5, 0.6) is 0 Å². The Morgan fingerprint density at radius 1 is 1.22 bits per heavy atom. The third kappa shape index (κ3) is 3.63. The highest BCUT2D eigenvalue weighted by molar-refractivity contribution is 6.09. The van der Waals surface area contributed by atoms with Gasteiger partial charge in [-0.15, -0.1) is 0 Å². The van der Waals surface area contributed by atoms with E-state index in [1.165, 1.54) is 5.56 Å². The van der Waals surface area contributed by atoms with Crippen molar-refractivity contribution in [1.82, 2.24) is 4.90 Å². The maximum absolute atomic E-state index is 11.9. The summed E-state index contributed by atoms with van der Waals surface area (Å²) in [6.07, 6.45) is 0. The number of carbonyl (C=O) groups is 1. The summed E-state index contributed by atoms with van der Waals surface area (Å²) in [6, 6.07) is 8.71. The molecule has 18 heavy (non-hydrogen) atoms. The molecule has 0 aliphatic rings. The van der Waals surface area contributed by atoms with Gasteiger partial charge >= 0.3 is 0 Å². The van der Waals surface area contributed by atoms with Crippen molar-refractivity contribution in [2.75, 3.05) is 14.1 Å². The van der Waals surface area contributed by atoms with E-state index >= 15 is 0 Å². The third-order valence-electron chi connectivity index (χ3n) is 2.73. The Kier molecular flexibility index (Phi) is 4.19. The van der Waals surface area contributed by atoms with Crippen molar-refractivity contribution in [2.24, 2.45) is 0 Å². The summed E-state index contributed by atoms with van der Waals surface area (Å²) in [7, 11) is 3.63. The average molecular weight is 243 g/mol. The summed E-state index contributed by atoms with van der Waals surface area (Å²) in [4.78, 5) is 13.6. The van der Waals surface area contributed by atoms with Crippen molar-refractivity contribution in [1.29, 1.82) is 0 Å². The lowest BCUT2D eigenvalue weighted by Crippen LogP contribution is -2.12. The van der Waals surface area contributed by atoms with Gasteiger partial charge in [0.25, 0.3) is 0 Å². The number of hydrogen-bond donors (Lipinski definition) is 0. The van der Waals surface area contributed by atoms with Crippen molar-refractivity contribution in [3.63, 3.8) is 0 Å². The summed E-state index contributed by atoms with van der Waals surface area (Å²) in [5.74, 6) is 2.51. The molecule has 2 heteroatoms. The molecule has 0 spiro atoms. The van der Waals surface area contributed by atoms with E-state index in [2.05, 4.69) is 38.8 Å². The van der Waals surface area contributed by atoms with Gasteiger partial charge in [-0.2, -0.15) is 0 Å². The first kappa shape index (κ1) is 14.3. The largest absolute Gasteiger partial charge is 0.338 e. The summed E-state index contributed by atoms with van der Waals surface area (Å²) in [6.45, 7) is 8.44. The van der Waals surface area contributed by atoms with Crippen LogP contribution < -0.4 is 0 Å². The Morgan fingerprint density at radius 3 is 2.28 bits per heavy atom. The number of ketones is 1. The molecule has 0 amide bonds. The third-order valence-corrected chi connectivity index (χ3v) is 2.73. The molecule has 0 radical (unpaired) electrons. The van der Waals surface area contributed by atoms with Crippen LogP contribution in [0.3, 0.4) is 0 Å². The molecular weight excluding hydrogens is 222 g/mol. The fraction of sp³-hybridized carbons (Fsp3) is 0.438. The first-order valence-corrected chi connectivity index (χ1v) is 6.06. The van der Waals surface area contributed by atoms with Crippen LogP contribution in [0, 0.1) is 18.9 Å². The molecule has 0 aromatic heterocycles. The number of Topliss-reactive ketones (excluding diaryl/α,β-unsaturated/α-hetero) is 1. The van der Waals surface area contributed by atoms with Gasteiger partial charge in [0.15, 0.2) is 0 Å². The highest BCUT2D eigenvalue weighted by atomic mass is 16.1. The predicted molar refractivity (Wildman–Crippen MR) is 75.7 cm³/mol.